The SMILES string of the molecule is CCCOCCOC1(C)CCCC(C)(C)C1(O)/C=C/C(C)=O. The first-order valence-corrected chi connectivity index (χ1v) is 8.32. The number of carbonyl (C=O) groups is 1. The Labute approximate surface area is 134 Å². The molecule has 2 atom stereocenters. The minimum atomic E-state index is -1.17. The largest absolute Gasteiger partial charge is 0.382 e. The Morgan fingerprint density at radius 3 is 2.45 bits per heavy atom. The monoisotopic (exact) mass is 312 g/mol. The van der Waals surface area contributed by atoms with Gasteiger partial charge in [-0.25, -0.2) is 0 Å². The van der Waals surface area contributed by atoms with Crippen LogP contribution in [0.4, 0.5) is 0 Å². The maximum atomic E-state index is 11.4. The van der Waals surface area contributed by atoms with Gasteiger partial charge in [0.15, 0.2) is 5.78 Å². The predicted octanol–water partition coefficient (Wildman–Crippen LogP) is 3.27. The van der Waals surface area contributed by atoms with Gasteiger partial charge >= 0.3 is 0 Å². The molecule has 2 unspecified atom stereocenters. The van der Waals surface area contributed by atoms with Crippen LogP contribution >= 0.6 is 0 Å². The van der Waals surface area contributed by atoms with Crippen molar-refractivity contribution in [1.29, 1.82) is 0 Å². The number of ether oxygens (including phenoxy) is 2. The van der Waals surface area contributed by atoms with E-state index in [0.717, 1.165) is 32.3 Å². The Balaban J connectivity index is 2.89. The van der Waals surface area contributed by atoms with Crippen molar-refractivity contribution in [3.05, 3.63) is 12.2 Å². The second kappa shape index (κ2) is 7.71. The molecule has 0 aromatic carbocycles. The lowest BCUT2D eigenvalue weighted by molar-refractivity contribution is -0.223. The van der Waals surface area contributed by atoms with Gasteiger partial charge in [0.1, 0.15) is 5.60 Å². The summed E-state index contributed by atoms with van der Waals surface area (Å²) in [5, 5.41) is 11.4. The van der Waals surface area contributed by atoms with Gasteiger partial charge < -0.3 is 14.6 Å². The summed E-state index contributed by atoms with van der Waals surface area (Å²) >= 11 is 0. The number of carbonyl (C=O) groups excluding carboxylic acids is 1. The molecule has 0 aromatic rings. The lowest BCUT2D eigenvalue weighted by atomic mass is 9.58. The quantitative estimate of drug-likeness (QED) is 0.552. The highest BCUT2D eigenvalue weighted by molar-refractivity contribution is 5.87. The van der Waals surface area contributed by atoms with E-state index in [4.69, 9.17) is 9.47 Å². The van der Waals surface area contributed by atoms with Crippen LogP contribution in [0, 0.1) is 5.41 Å². The van der Waals surface area contributed by atoms with Crippen molar-refractivity contribution in [1.82, 2.24) is 0 Å². The lowest BCUT2D eigenvalue weighted by Crippen LogP contribution is -2.63. The third-order valence-electron chi connectivity index (χ3n) is 4.85. The molecule has 0 saturated heterocycles. The first-order valence-electron chi connectivity index (χ1n) is 8.32. The topological polar surface area (TPSA) is 55.8 Å². The van der Waals surface area contributed by atoms with E-state index in [1.54, 1.807) is 6.08 Å². The molecule has 128 valence electrons. The summed E-state index contributed by atoms with van der Waals surface area (Å²) in [6, 6.07) is 0. The predicted molar refractivity (Wildman–Crippen MR) is 87.9 cm³/mol. The van der Waals surface area contributed by atoms with Crippen molar-refractivity contribution in [2.45, 2.75) is 71.5 Å². The van der Waals surface area contributed by atoms with Gasteiger partial charge in [-0.3, -0.25) is 4.79 Å². The molecule has 0 aliphatic heterocycles. The normalized spacial score (nSPS) is 31.5. The van der Waals surface area contributed by atoms with Crippen LogP contribution in [0.1, 0.15) is 60.3 Å². The van der Waals surface area contributed by atoms with Gasteiger partial charge in [0.25, 0.3) is 0 Å². The van der Waals surface area contributed by atoms with E-state index >= 15 is 0 Å². The molecule has 4 nitrogen and oxygen atoms in total. The number of rotatable bonds is 8. The average molecular weight is 312 g/mol. The summed E-state index contributed by atoms with van der Waals surface area (Å²) < 4.78 is 11.5. The second-order valence-electron chi connectivity index (χ2n) is 7.14. The smallest absolute Gasteiger partial charge is 0.152 e. The van der Waals surface area contributed by atoms with E-state index < -0.39 is 11.2 Å². The highest BCUT2D eigenvalue weighted by Gasteiger charge is 2.57. The van der Waals surface area contributed by atoms with Crippen molar-refractivity contribution >= 4 is 5.78 Å². The van der Waals surface area contributed by atoms with Crippen LogP contribution in [-0.2, 0) is 14.3 Å². The Hall–Kier alpha value is -0.710. The molecular formula is C18H32O4. The molecule has 0 amide bonds. The minimum Gasteiger partial charge on any atom is -0.382 e. The Kier molecular flexibility index (Phi) is 6.78. The fourth-order valence-corrected chi connectivity index (χ4v) is 3.36. The Bertz CT molecular complexity index is 402. The molecule has 1 aliphatic carbocycles. The zero-order valence-corrected chi connectivity index (χ0v) is 14.8. The van der Waals surface area contributed by atoms with Crippen molar-refractivity contribution in [3.63, 3.8) is 0 Å². The van der Waals surface area contributed by atoms with Gasteiger partial charge in [0, 0.05) is 6.61 Å². The number of ketones is 1. The third-order valence-corrected chi connectivity index (χ3v) is 4.85. The molecule has 1 rings (SSSR count). The van der Waals surface area contributed by atoms with E-state index in [1.165, 1.54) is 13.0 Å². The van der Waals surface area contributed by atoms with Crippen LogP contribution in [0.3, 0.4) is 0 Å². The van der Waals surface area contributed by atoms with E-state index in [1.807, 2.05) is 20.8 Å². The maximum Gasteiger partial charge on any atom is 0.152 e. The standard InChI is InChI=1S/C18H32O4/c1-6-12-21-13-14-22-17(5)10-7-9-16(3,4)18(17,20)11-8-15(2)19/h8,11,20H,6-7,9-10,12-14H2,1-5H3/b11-8+. The van der Waals surface area contributed by atoms with Crippen LogP contribution < -0.4 is 0 Å². The number of hydrogen-bond donors (Lipinski definition) is 1. The van der Waals surface area contributed by atoms with Gasteiger partial charge in [-0.15, -0.1) is 0 Å². The highest BCUT2D eigenvalue weighted by atomic mass is 16.5. The zero-order chi connectivity index (χ0) is 16.9. The summed E-state index contributed by atoms with van der Waals surface area (Å²) in [4.78, 5) is 11.3. The lowest BCUT2D eigenvalue weighted by Gasteiger charge is -2.55. The highest BCUT2D eigenvalue weighted by Crippen LogP contribution is 2.51. The molecule has 1 saturated carbocycles. The van der Waals surface area contributed by atoms with Gasteiger partial charge in [-0.1, -0.05) is 20.8 Å². The molecule has 0 spiro atoms. The first kappa shape index (κ1) is 19.3. The molecule has 22 heavy (non-hydrogen) atoms. The van der Waals surface area contributed by atoms with Crippen LogP contribution in [0.15, 0.2) is 12.2 Å². The summed E-state index contributed by atoms with van der Waals surface area (Å²) in [7, 11) is 0. The van der Waals surface area contributed by atoms with Crippen molar-refractivity contribution < 1.29 is 19.4 Å². The molecule has 1 aliphatic rings. The summed E-state index contributed by atoms with van der Waals surface area (Å²) in [5.41, 5.74) is -2.23. The maximum absolute atomic E-state index is 11.4. The molecule has 0 radical (unpaired) electrons. The van der Waals surface area contributed by atoms with Crippen molar-refractivity contribution in [2.24, 2.45) is 5.41 Å². The molecule has 1 fully saturated rings. The van der Waals surface area contributed by atoms with Gasteiger partial charge in [0.05, 0.1) is 18.8 Å². The molecule has 0 heterocycles. The number of allylic oxidation sites excluding steroid dienone is 1. The van der Waals surface area contributed by atoms with Crippen molar-refractivity contribution in [2.75, 3.05) is 19.8 Å². The van der Waals surface area contributed by atoms with E-state index in [9.17, 15) is 9.90 Å². The van der Waals surface area contributed by atoms with E-state index in [2.05, 4.69) is 6.92 Å². The van der Waals surface area contributed by atoms with Gasteiger partial charge in [0.2, 0.25) is 0 Å². The molecule has 1 N–H and O–H groups in total. The van der Waals surface area contributed by atoms with Gasteiger partial charge in [-0.05, 0) is 57.1 Å². The van der Waals surface area contributed by atoms with Crippen molar-refractivity contribution in [3.8, 4) is 0 Å². The zero-order valence-electron chi connectivity index (χ0n) is 14.8. The fourth-order valence-electron chi connectivity index (χ4n) is 3.36. The minimum absolute atomic E-state index is 0.0663. The summed E-state index contributed by atoms with van der Waals surface area (Å²) in [5.74, 6) is -0.0663. The van der Waals surface area contributed by atoms with Crippen LogP contribution in [0.5, 0.6) is 0 Å². The van der Waals surface area contributed by atoms with Crippen LogP contribution in [0.2, 0.25) is 0 Å². The van der Waals surface area contributed by atoms with Gasteiger partial charge in [-0.2, -0.15) is 0 Å². The third kappa shape index (κ3) is 4.18. The number of aliphatic hydroxyl groups is 1. The fraction of sp³-hybridized carbons (Fsp3) is 0.833. The Morgan fingerprint density at radius 2 is 1.86 bits per heavy atom. The molecule has 4 heteroatoms. The van der Waals surface area contributed by atoms with Crippen LogP contribution in [-0.4, -0.2) is 41.9 Å². The van der Waals surface area contributed by atoms with E-state index in [-0.39, 0.29) is 11.2 Å². The average Bonchev–Trinajstić information content (AvgIpc) is 2.42. The molecule has 0 aromatic heterocycles. The molecule has 0 bridgehead atoms. The van der Waals surface area contributed by atoms with Crippen LogP contribution in [0.25, 0.3) is 0 Å². The summed E-state index contributed by atoms with van der Waals surface area (Å²) in [6.07, 6.45) is 6.74. The first-order chi connectivity index (χ1) is 10.2. The Morgan fingerprint density at radius 1 is 1.18 bits per heavy atom. The summed E-state index contributed by atoms with van der Waals surface area (Å²) in [6.45, 7) is 11.3. The molecular weight excluding hydrogens is 280 g/mol. The van der Waals surface area contributed by atoms with E-state index in [0.29, 0.717) is 13.2 Å². The second-order valence-corrected chi connectivity index (χ2v) is 7.14. The number of hydrogen-bond acceptors (Lipinski definition) is 4.